The van der Waals surface area contributed by atoms with Crippen molar-refractivity contribution >= 4 is 23.2 Å². The molecule has 0 radical (unpaired) electrons. The van der Waals surface area contributed by atoms with E-state index in [0.29, 0.717) is 18.2 Å². The largest absolute Gasteiger partial charge is 0.330 e. The minimum Gasteiger partial charge on any atom is -0.330 e. The number of carbonyl (C=O) groups is 1. The van der Waals surface area contributed by atoms with E-state index < -0.39 is 5.82 Å². The molecule has 116 valence electrons. The van der Waals surface area contributed by atoms with Crippen LogP contribution in [0.15, 0.2) is 18.2 Å². The van der Waals surface area contributed by atoms with Gasteiger partial charge in [0, 0.05) is 0 Å². The van der Waals surface area contributed by atoms with Crippen molar-refractivity contribution < 1.29 is 9.18 Å². The van der Waals surface area contributed by atoms with Crippen LogP contribution in [0.5, 0.6) is 0 Å². The average molecular weight is 314 g/mol. The van der Waals surface area contributed by atoms with Crippen molar-refractivity contribution in [1.29, 1.82) is 0 Å². The van der Waals surface area contributed by atoms with E-state index in [4.69, 9.17) is 17.3 Å². The number of anilines is 1. The van der Waals surface area contributed by atoms with E-state index in [2.05, 4.69) is 10.2 Å². The summed E-state index contributed by atoms with van der Waals surface area (Å²) in [6, 6.07) is 3.94. The number of nitrogens with two attached hydrogens (primary N) is 1. The van der Waals surface area contributed by atoms with Crippen molar-refractivity contribution in [2.75, 3.05) is 31.5 Å². The molecule has 6 heteroatoms. The Kier molecular flexibility index (Phi) is 5.96. The Balaban J connectivity index is 1.80. The molecule has 0 aromatic heterocycles. The second-order valence-corrected chi connectivity index (χ2v) is 5.88. The van der Waals surface area contributed by atoms with Crippen molar-refractivity contribution in [2.24, 2.45) is 11.7 Å². The van der Waals surface area contributed by atoms with Crippen LogP contribution in [0.3, 0.4) is 0 Å². The van der Waals surface area contributed by atoms with E-state index in [1.807, 2.05) is 0 Å². The molecule has 1 heterocycles. The summed E-state index contributed by atoms with van der Waals surface area (Å²) in [5, 5.41) is 2.93. The third-order valence-electron chi connectivity index (χ3n) is 3.85. The molecule has 1 aliphatic heterocycles. The maximum Gasteiger partial charge on any atom is 0.238 e. The molecular formula is C15H21ClFN3O. The first-order chi connectivity index (χ1) is 10.1. The highest BCUT2D eigenvalue weighted by molar-refractivity contribution is 6.33. The molecule has 1 saturated heterocycles. The van der Waals surface area contributed by atoms with Gasteiger partial charge in [-0.2, -0.15) is 0 Å². The van der Waals surface area contributed by atoms with Crippen LogP contribution in [-0.2, 0) is 4.79 Å². The molecule has 0 saturated carbocycles. The number of rotatable bonds is 5. The van der Waals surface area contributed by atoms with Gasteiger partial charge < -0.3 is 11.1 Å². The molecule has 1 fully saturated rings. The Morgan fingerprint density at radius 3 is 2.76 bits per heavy atom. The molecule has 2 rings (SSSR count). The Labute approximate surface area is 129 Å². The first-order valence-electron chi connectivity index (χ1n) is 7.26. The van der Waals surface area contributed by atoms with E-state index in [1.165, 1.54) is 18.2 Å². The zero-order valence-corrected chi connectivity index (χ0v) is 12.7. The highest BCUT2D eigenvalue weighted by atomic mass is 35.5. The number of nitrogens with zero attached hydrogens (tertiary/aromatic N) is 1. The quantitative estimate of drug-likeness (QED) is 0.878. The number of piperidine rings is 1. The summed E-state index contributed by atoms with van der Waals surface area (Å²) in [5.41, 5.74) is 6.01. The van der Waals surface area contributed by atoms with Crippen molar-refractivity contribution in [3.8, 4) is 0 Å². The van der Waals surface area contributed by atoms with E-state index in [0.717, 1.165) is 38.9 Å². The van der Waals surface area contributed by atoms with E-state index in [9.17, 15) is 9.18 Å². The van der Waals surface area contributed by atoms with Crippen LogP contribution in [0.25, 0.3) is 0 Å². The predicted octanol–water partition coefficient (Wildman–Crippen LogP) is 2.48. The van der Waals surface area contributed by atoms with Crippen LogP contribution < -0.4 is 11.1 Å². The standard InChI is InChI=1S/C15H21ClFN3O/c16-13-9-12(17)1-2-14(13)19-15(21)10-20-7-4-11(3-6-18)5-8-20/h1-2,9,11H,3-8,10,18H2,(H,19,21). The summed E-state index contributed by atoms with van der Waals surface area (Å²) in [6.45, 7) is 2.89. The van der Waals surface area contributed by atoms with Gasteiger partial charge >= 0.3 is 0 Å². The molecule has 1 aliphatic rings. The minimum atomic E-state index is -0.417. The zero-order valence-electron chi connectivity index (χ0n) is 11.9. The van der Waals surface area contributed by atoms with Gasteiger partial charge in [-0.25, -0.2) is 4.39 Å². The molecule has 0 unspecified atom stereocenters. The normalized spacial score (nSPS) is 16.9. The van der Waals surface area contributed by atoms with Gasteiger partial charge in [0.15, 0.2) is 0 Å². The summed E-state index contributed by atoms with van der Waals surface area (Å²) < 4.78 is 12.9. The first kappa shape index (κ1) is 16.2. The maximum absolute atomic E-state index is 12.9. The number of benzene rings is 1. The second kappa shape index (κ2) is 7.73. The van der Waals surface area contributed by atoms with Crippen LogP contribution in [0.1, 0.15) is 19.3 Å². The number of hydrogen-bond donors (Lipinski definition) is 2. The lowest BCUT2D eigenvalue weighted by Gasteiger charge is -2.31. The van der Waals surface area contributed by atoms with Gasteiger partial charge in [0.05, 0.1) is 17.3 Å². The predicted molar refractivity (Wildman–Crippen MR) is 82.9 cm³/mol. The van der Waals surface area contributed by atoms with E-state index >= 15 is 0 Å². The number of halogens is 2. The van der Waals surface area contributed by atoms with Crippen LogP contribution >= 0.6 is 11.6 Å². The molecule has 21 heavy (non-hydrogen) atoms. The lowest BCUT2D eigenvalue weighted by Crippen LogP contribution is -2.39. The number of nitrogens with one attached hydrogen (secondary N) is 1. The maximum atomic E-state index is 12.9. The fourth-order valence-electron chi connectivity index (χ4n) is 2.65. The van der Waals surface area contributed by atoms with Crippen LogP contribution in [0.2, 0.25) is 5.02 Å². The van der Waals surface area contributed by atoms with Crippen LogP contribution in [-0.4, -0.2) is 37.0 Å². The van der Waals surface area contributed by atoms with Gasteiger partial charge in [-0.3, -0.25) is 9.69 Å². The fourth-order valence-corrected chi connectivity index (χ4v) is 2.87. The monoisotopic (exact) mass is 313 g/mol. The van der Waals surface area contributed by atoms with Crippen LogP contribution in [0.4, 0.5) is 10.1 Å². The molecule has 0 bridgehead atoms. The molecule has 1 amide bonds. The van der Waals surface area contributed by atoms with Crippen LogP contribution in [0, 0.1) is 11.7 Å². The summed E-state index contributed by atoms with van der Waals surface area (Å²) >= 11 is 5.89. The molecule has 0 aliphatic carbocycles. The lowest BCUT2D eigenvalue weighted by atomic mass is 9.94. The number of carbonyl (C=O) groups excluding carboxylic acids is 1. The Hall–Kier alpha value is -1.17. The van der Waals surface area contributed by atoms with Gasteiger partial charge in [-0.15, -0.1) is 0 Å². The van der Waals surface area contributed by atoms with Gasteiger partial charge in [0.25, 0.3) is 0 Å². The Morgan fingerprint density at radius 2 is 2.14 bits per heavy atom. The molecular weight excluding hydrogens is 293 g/mol. The molecule has 0 spiro atoms. The Bertz CT molecular complexity index is 490. The number of hydrogen-bond acceptors (Lipinski definition) is 3. The molecule has 1 aromatic rings. The molecule has 3 N–H and O–H groups in total. The van der Waals surface area contributed by atoms with Crippen molar-refractivity contribution in [1.82, 2.24) is 4.90 Å². The van der Waals surface area contributed by atoms with Crippen molar-refractivity contribution in [3.63, 3.8) is 0 Å². The zero-order chi connectivity index (χ0) is 15.2. The third-order valence-corrected chi connectivity index (χ3v) is 4.17. The fraction of sp³-hybridized carbons (Fsp3) is 0.533. The molecule has 1 aromatic carbocycles. The third kappa shape index (κ3) is 4.95. The summed E-state index contributed by atoms with van der Waals surface area (Å²) in [7, 11) is 0. The highest BCUT2D eigenvalue weighted by Crippen LogP contribution is 2.23. The topological polar surface area (TPSA) is 58.4 Å². The van der Waals surface area contributed by atoms with Gasteiger partial charge in [0.2, 0.25) is 5.91 Å². The lowest BCUT2D eigenvalue weighted by molar-refractivity contribution is -0.117. The van der Waals surface area contributed by atoms with Gasteiger partial charge in [-0.1, -0.05) is 11.6 Å². The summed E-state index contributed by atoms with van der Waals surface area (Å²) in [6.07, 6.45) is 3.23. The SMILES string of the molecule is NCCC1CCN(CC(=O)Nc2ccc(F)cc2Cl)CC1. The van der Waals surface area contributed by atoms with E-state index in [1.54, 1.807) is 0 Å². The Morgan fingerprint density at radius 1 is 1.43 bits per heavy atom. The van der Waals surface area contributed by atoms with Gasteiger partial charge in [0.1, 0.15) is 5.82 Å². The first-order valence-corrected chi connectivity index (χ1v) is 7.63. The summed E-state index contributed by atoms with van der Waals surface area (Å²) in [4.78, 5) is 14.1. The van der Waals surface area contributed by atoms with Gasteiger partial charge in [-0.05, 0) is 63.0 Å². The smallest absolute Gasteiger partial charge is 0.238 e. The molecule has 0 atom stereocenters. The second-order valence-electron chi connectivity index (χ2n) is 5.47. The van der Waals surface area contributed by atoms with Crippen molar-refractivity contribution in [2.45, 2.75) is 19.3 Å². The highest BCUT2D eigenvalue weighted by Gasteiger charge is 2.20. The summed E-state index contributed by atoms with van der Waals surface area (Å²) in [5.74, 6) is 0.140. The van der Waals surface area contributed by atoms with E-state index in [-0.39, 0.29) is 10.9 Å². The van der Waals surface area contributed by atoms with Crippen molar-refractivity contribution in [3.05, 3.63) is 29.0 Å². The minimum absolute atomic E-state index is 0.124. The number of likely N-dealkylation sites (tertiary alicyclic amines) is 1. The number of amides is 1. The average Bonchev–Trinajstić information content (AvgIpc) is 2.44. The molecule has 4 nitrogen and oxygen atoms in total.